The molecule has 3 aromatic rings. The number of hydrogen-bond donors (Lipinski definition) is 0. The van der Waals surface area contributed by atoms with E-state index in [1.165, 1.54) is 11.1 Å². The molecule has 188 valence electrons. The summed E-state index contributed by atoms with van der Waals surface area (Å²) < 4.78 is 19.4. The van der Waals surface area contributed by atoms with Gasteiger partial charge in [-0.15, -0.1) is 10.2 Å². The van der Waals surface area contributed by atoms with Crippen LogP contribution in [0, 0.1) is 13.8 Å². The molecule has 0 saturated carbocycles. The number of benzene rings is 2. The van der Waals surface area contributed by atoms with Crippen molar-refractivity contribution in [2.75, 3.05) is 27.9 Å². The number of aromatic nitrogens is 3. The summed E-state index contributed by atoms with van der Waals surface area (Å²) in [5.41, 5.74) is 4.75. The van der Waals surface area contributed by atoms with Gasteiger partial charge in [-0.1, -0.05) is 42.1 Å². The average molecular weight is 497 g/mol. The second-order valence-corrected chi connectivity index (χ2v) is 10.1. The maximum Gasteiger partial charge on any atom is 0.191 e. The van der Waals surface area contributed by atoms with Crippen molar-refractivity contribution >= 4 is 11.8 Å². The lowest BCUT2D eigenvalue weighted by Gasteiger charge is -2.21. The van der Waals surface area contributed by atoms with Gasteiger partial charge in [0.25, 0.3) is 0 Å². The number of rotatable bonds is 11. The van der Waals surface area contributed by atoms with Gasteiger partial charge < -0.3 is 18.8 Å². The highest BCUT2D eigenvalue weighted by molar-refractivity contribution is 7.98. The number of nitrogens with zero attached hydrogens (tertiary/aromatic N) is 4. The number of ether oxygens (including phenoxy) is 3. The third kappa shape index (κ3) is 6.18. The number of thioether (sulfide) groups is 1. The van der Waals surface area contributed by atoms with Gasteiger partial charge in [-0.3, -0.25) is 4.90 Å². The fraction of sp³-hybridized carbons (Fsp3) is 0.481. The molecule has 0 amide bonds. The van der Waals surface area contributed by atoms with E-state index in [1.54, 1.807) is 26.0 Å². The Morgan fingerprint density at radius 1 is 1.06 bits per heavy atom. The summed E-state index contributed by atoms with van der Waals surface area (Å²) >= 11 is 1.74. The molecule has 1 saturated heterocycles. The van der Waals surface area contributed by atoms with Crippen LogP contribution in [0.5, 0.6) is 11.5 Å². The monoisotopic (exact) mass is 496 g/mol. The third-order valence-electron chi connectivity index (χ3n) is 6.54. The van der Waals surface area contributed by atoms with Crippen molar-refractivity contribution in [3.63, 3.8) is 0 Å². The Morgan fingerprint density at radius 3 is 2.60 bits per heavy atom. The summed E-state index contributed by atoms with van der Waals surface area (Å²) in [6.45, 7) is 7.22. The zero-order valence-electron chi connectivity index (χ0n) is 21.4. The molecule has 2 heterocycles. The standard InChI is InChI=1S/C27H36N4O3S/c1-19-9-6-7-10-22(19)18-35-27-29-28-25(31(27)16-23-11-8-14-34-23)17-30(3)15-21-12-13-24(32-4)20(2)26(21)33-5/h6-7,9-10,12-13,23H,8,11,14-18H2,1-5H3/t23-/m1/s1. The summed E-state index contributed by atoms with van der Waals surface area (Å²) in [6, 6.07) is 12.6. The average Bonchev–Trinajstić information content (AvgIpc) is 3.50. The van der Waals surface area contributed by atoms with Gasteiger partial charge in [0.15, 0.2) is 5.16 Å². The molecule has 1 aliphatic heterocycles. The van der Waals surface area contributed by atoms with Crippen LogP contribution >= 0.6 is 11.8 Å². The van der Waals surface area contributed by atoms with Crippen LogP contribution in [0.2, 0.25) is 0 Å². The normalized spacial score (nSPS) is 15.7. The van der Waals surface area contributed by atoms with Crippen molar-refractivity contribution in [3.8, 4) is 11.5 Å². The molecule has 0 N–H and O–H groups in total. The van der Waals surface area contributed by atoms with Crippen LogP contribution in [0.3, 0.4) is 0 Å². The second kappa shape index (κ2) is 11.9. The first-order valence-electron chi connectivity index (χ1n) is 12.1. The van der Waals surface area contributed by atoms with Crippen LogP contribution in [0.25, 0.3) is 0 Å². The molecular weight excluding hydrogens is 460 g/mol. The van der Waals surface area contributed by atoms with Crippen molar-refractivity contribution < 1.29 is 14.2 Å². The molecule has 0 aliphatic carbocycles. The van der Waals surface area contributed by atoms with E-state index in [9.17, 15) is 0 Å². The highest BCUT2D eigenvalue weighted by Crippen LogP contribution is 2.32. The van der Waals surface area contributed by atoms with E-state index in [0.717, 1.165) is 71.9 Å². The molecule has 1 aromatic heterocycles. The Bertz CT molecular complexity index is 1130. The van der Waals surface area contributed by atoms with Gasteiger partial charge >= 0.3 is 0 Å². The third-order valence-corrected chi connectivity index (χ3v) is 7.55. The minimum absolute atomic E-state index is 0.220. The van der Waals surface area contributed by atoms with E-state index < -0.39 is 0 Å². The van der Waals surface area contributed by atoms with Crippen molar-refractivity contribution in [3.05, 3.63) is 64.5 Å². The minimum Gasteiger partial charge on any atom is -0.496 e. The van der Waals surface area contributed by atoms with Crippen LogP contribution in [0.15, 0.2) is 41.6 Å². The molecular formula is C27H36N4O3S. The molecule has 8 heteroatoms. The van der Waals surface area contributed by atoms with E-state index >= 15 is 0 Å². The van der Waals surface area contributed by atoms with Gasteiger partial charge in [-0.05, 0) is 50.9 Å². The van der Waals surface area contributed by atoms with Gasteiger partial charge in [-0.2, -0.15) is 0 Å². The topological polar surface area (TPSA) is 61.6 Å². The summed E-state index contributed by atoms with van der Waals surface area (Å²) in [5.74, 6) is 3.53. The predicted molar refractivity (Wildman–Crippen MR) is 139 cm³/mol. The van der Waals surface area contributed by atoms with E-state index in [4.69, 9.17) is 14.2 Å². The molecule has 1 aliphatic rings. The van der Waals surface area contributed by atoms with Gasteiger partial charge in [0, 0.05) is 30.0 Å². The Labute approximate surface area is 212 Å². The van der Waals surface area contributed by atoms with Crippen molar-refractivity contribution in [1.82, 2.24) is 19.7 Å². The minimum atomic E-state index is 0.220. The zero-order valence-corrected chi connectivity index (χ0v) is 22.2. The molecule has 2 aromatic carbocycles. The molecule has 0 spiro atoms. The van der Waals surface area contributed by atoms with Crippen molar-refractivity contribution in [2.24, 2.45) is 0 Å². The fourth-order valence-corrected chi connectivity index (χ4v) is 5.62. The van der Waals surface area contributed by atoms with E-state index in [2.05, 4.69) is 64.0 Å². The largest absolute Gasteiger partial charge is 0.496 e. The zero-order chi connectivity index (χ0) is 24.8. The first kappa shape index (κ1) is 25.5. The van der Waals surface area contributed by atoms with Crippen LogP contribution in [0.1, 0.15) is 40.9 Å². The molecule has 7 nitrogen and oxygen atoms in total. The molecule has 0 unspecified atom stereocenters. The van der Waals surface area contributed by atoms with Gasteiger partial charge in [0.2, 0.25) is 0 Å². The molecule has 1 fully saturated rings. The quantitative estimate of drug-likeness (QED) is 0.346. The Morgan fingerprint density at radius 2 is 1.89 bits per heavy atom. The van der Waals surface area contributed by atoms with E-state index in [-0.39, 0.29) is 6.10 Å². The molecule has 35 heavy (non-hydrogen) atoms. The molecule has 1 atom stereocenters. The highest BCUT2D eigenvalue weighted by Gasteiger charge is 2.22. The van der Waals surface area contributed by atoms with Gasteiger partial charge in [0.1, 0.15) is 17.3 Å². The highest BCUT2D eigenvalue weighted by atomic mass is 32.2. The summed E-state index contributed by atoms with van der Waals surface area (Å²) in [5, 5.41) is 10.1. The lowest BCUT2D eigenvalue weighted by Crippen LogP contribution is -2.23. The maximum atomic E-state index is 5.96. The van der Waals surface area contributed by atoms with Gasteiger partial charge in [-0.25, -0.2) is 0 Å². The van der Waals surface area contributed by atoms with Crippen molar-refractivity contribution in [2.45, 2.75) is 63.3 Å². The molecule has 0 radical (unpaired) electrons. The van der Waals surface area contributed by atoms with Gasteiger partial charge in [0.05, 0.1) is 33.4 Å². The Hall–Kier alpha value is -2.55. The van der Waals surface area contributed by atoms with E-state index in [1.807, 2.05) is 13.0 Å². The van der Waals surface area contributed by atoms with Crippen LogP contribution < -0.4 is 9.47 Å². The summed E-state index contributed by atoms with van der Waals surface area (Å²) in [6.07, 6.45) is 2.42. The molecule has 0 bridgehead atoms. The van der Waals surface area contributed by atoms with Crippen molar-refractivity contribution in [1.29, 1.82) is 0 Å². The Balaban J connectivity index is 1.51. The number of methoxy groups -OCH3 is 2. The second-order valence-electron chi connectivity index (χ2n) is 9.12. The maximum absolute atomic E-state index is 5.96. The first-order chi connectivity index (χ1) is 17.0. The lowest BCUT2D eigenvalue weighted by atomic mass is 10.1. The van der Waals surface area contributed by atoms with Crippen LogP contribution in [0.4, 0.5) is 0 Å². The lowest BCUT2D eigenvalue weighted by molar-refractivity contribution is 0.0934. The summed E-state index contributed by atoms with van der Waals surface area (Å²) in [4.78, 5) is 2.25. The smallest absolute Gasteiger partial charge is 0.191 e. The van der Waals surface area contributed by atoms with E-state index in [0.29, 0.717) is 6.54 Å². The Kier molecular flexibility index (Phi) is 8.70. The first-order valence-corrected chi connectivity index (χ1v) is 13.1. The SMILES string of the molecule is COc1ccc(CN(C)Cc2nnc(SCc3ccccc3C)n2C[C@H]2CCCO2)c(OC)c1C. The molecule has 4 rings (SSSR count). The number of hydrogen-bond acceptors (Lipinski definition) is 7. The predicted octanol–water partition coefficient (Wildman–Crippen LogP) is 5.02. The summed E-state index contributed by atoms with van der Waals surface area (Å²) in [7, 11) is 5.49. The number of aryl methyl sites for hydroxylation is 1. The fourth-order valence-electron chi connectivity index (χ4n) is 4.58. The van der Waals surface area contributed by atoms with Crippen LogP contribution in [-0.4, -0.2) is 53.6 Å². The van der Waals surface area contributed by atoms with Crippen LogP contribution in [-0.2, 0) is 30.1 Å².